The molecule has 22 heavy (non-hydrogen) atoms. The van der Waals surface area contributed by atoms with Gasteiger partial charge in [-0.3, -0.25) is 4.99 Å². The fourth-order valence-electron chi connectivity index (χ4n) is 2.91. The lowest BCUT2D eigenvalue weighted by Crippen LogP contribution is -2.45. The molecule has 1 atom stereocenters. The summed E-state index contributed by atoms with van der Waals surface area (Å²) in [4.78, 5) is 3.99. The van der Waals surface area contributed by atoms with E-state index in [9.17, 15) is 13.2 Å². The number of piperidine rings is 1. The van der Waals surface area contributed by atoms with Gasteiger partial charge >= 0.3 is 6.18 Å². The van der Waals surface area contributed by atoms with E-state index < -0.39 is 17.5 Å². The lowest BCUT2D eigenvalue weighted by Gasteiger charge is -2.31. The molecule has 0 bridgehead atoms. The molecule has 1 unspecified atom stereocenters. The minimum atomic E-state index is -4.19. The van der Waals surface area contributed by atoms with Crippen molar-refractivity contribution < 1.29 is 13.2 Å². The number of allylic oxidation sites excluding steroid dienone is 1. The normalized spacial score (nSPS) is 29.2. The van der Waals surface area contributed by atoms with E-state index in [4.69, 9.17) is 0 Å². The maximum absolute atomic E-state index is 12.6. The summed E-state index contributed by atoms with van der Waals surface area (Å²) >= 11 is 1.18. The van der Waals surface area contributed by atoms with Crippen molar-refractivity contribution in [3.05, 3.63) is 22.4 Å². The summed E-state index contributed by atoms with van der Waals surface area (Å²) in [6, 6.07) is 0.331. The zero-order chi connectivity index (χ0) is 15.8. The summed E-state index contributed by atoms with van der Waals surface area (Å²) in [5, 5.41) is 9.79. The molecule has 3 heterocycles. The van der Waals surface area contributed by atoms with Crippen molar-refractivity contribution in [3.8, 4) is 0 Å². The molecule has 0 radical (unpaired) electrons. The second kappa shape index (κ2) is 5.81. The molecular formula is C14H19F3N4S. The van der Waals surface area contributed by atoms with Crippen molar-refractivity contribution in [1.82, 2.24) is 16.0 Å². The zero-order valence-corrected chi connectivity index (χ0v) is 13.1. The predicted octanol–water partition coefficient (Wildman–Crippen LogP) is 2.47. The number of nitrogens with one attached hydrogen (secondary N) is 3. The molecule has 1 saturated heterocycles. The average Bonchev–Trinajstić information content (AvgIpc) is 2.75. The summed E-state index contributed by atoms with van der Waals surface area (Å²) in [7, 11) is 0. The van der Waals surface area contributed by atoms with Crippen LogP contribution in [-0.2, 0) is 0 Å². The molecule has 4 nitrogen and oxygen atoms in total. The monoisotopic (exact) mass is 332 g/mol. The van der Waals surface area contributed by atoms with Crippen molar-refractivity contribution in [2.45, 2.75) is 43.3 Å². The second-order valence-corrected chi connectivity index (χ2v) is 7.37. The number of aliphatic imine (C=N–C) groups is 1. The highest BCUT2D eigenvalue weighted by molar-refractivity contribution is 8.04. The van der Waals surface area contributed by atoms with Crippen LogP contribution in [0.1, 0.15) is 26.2 Å². The molecule has 0 saturated carbocycles. The molecular weight excluding hydrogens is 313 g/mol. The summed E-state index contributed by atoms with van der Waals surface area (Å²) < 4.78 is 37.9. The molecule has 0 aromatic carbocycles. The van der Waals surface area contributed by atoms with Crippen LogP contribution in [-0.4, -0.2) is 36.5 Å². The van der Waals surface area contributed by atoms with E-state index in [1.807, 2.05) is 6.92 Å². The number of hydrogen-bond acceptors (Lipinski definition) is 5. The van der Waals surface area contributed by atoms with Crippen molar-refractivity contribution in [2.75, 3.05) is 13.1 Å². The Bertz CT molecular complexity index is 535. The zero-order valence-electron chi connectivity index (χ0n) is 12.3. The molecule has 0 spiro atoms. The molecule has 1 fully saturated rings. The molecule has 0 aromatic heterocycles. The van der Waals surface area contributed by atoms with Gasteiger partial charge in [0.05, 0.1) is 12.8 Å². The summed E-state index contributed by atoms with van der Waals surface area (Å²) in [6.45, 7) is 3.76. The van der Waals surface area contributed by atoms with Crippen LogP contribution in [0.5, 0.6) is 0 Å². The van der Waals surface area contributed by atoms with Gasteiger partial charge < -0.3 is 16.0 Å². The molecule has 0 amide bonds. The van der Waals surface area contributed by atoms with Gasteiger partial charge in [-0.1, -0.05) is 11.8 Å². The quantitative estimate of drug-likeness (QED) is 0.743. The van der Waals surface area contributed by atoms with Gasteiger partial charge in [0.15, 0.2) is 0 Å². The maximum Gasteiger partial charge on any atom is 0.393 e. The van der Waals surface area contributed by atoms with Crippen LogP contribution in [0.15, 0.2) is 27.4 Å². The lowest BCUT2D eigenvalue weighted by molar-refractivity contribution is -0.125. The molecule has 3 rings (SSSR count). The van der Waals surface area contributed by atoms with Crippen LogP contribution >= 0.6 is 11.8 Å². The standard InChI is InChI=1S/C14H19F3N4S/c1-13-11(6-10(22-13)7-14(15,16)17)12(19-8-20-13)21-9-2-4-18-5-3-9/h6,8-9,18,21H,2-5,7H2,1H3,(H,19,20). The lowest BCUT2D eigenvalue weighted by atomic mass is 10.0. The maximum atomic E-state index is 12.6. The van der Waals surface area contributed by atoms with Crippen molar-refractivity contribution in [1.29, 1.82) is 0 Å². The van der Waals surface area contributed by atoms with E-state index >= 15 is 0 Å². The van der Waals surface area contributed by atoms with Crippen molar-refractivity contribution in [2.24, 2.45) is 4.99 Å². The van der Waals surface area contributed by atoms with Gasteiger partial charge in [-0.05, 0) is 43.8 Å². The van der Waals surface area contributed by atoms with Gasteiger partial charge in [0.1, 0.15) is 10.7 Å². The van der Waals surface area contributed by atoms with Crippen LogP contribution in [0.2, 0.25) is 0 Å². The van der Waals surface area contributed by atoms with Crippen LogP contribution in [0.3, 0.4) is 0 Å². The minimum absolute atomic E-state index is 0.315. The van der Waals surface area contributed by atoms with Gasteiger partial charge in [-0.15, -0.1) is 0 Å². The fraction of sp³-hybridized carbons (Fsp3) is 0.643. The predicted molar refractivity (Wildman–Crippen MR) is 82.4 cm³/mol. The summed E-state index contributed by atoms with van der Waals surface area (Å²) in [5.41, 5.74) is 0.804. The van der Waals surface area contributed by atoms with Crippen LogP contribution in [0.4, 0.5) is 13.2 Å². The number of hydrogen-bond donors (Lipinski definition) is 3. The Kier molecular flexibility index (Phi) is 4.15. The highest BCUT2D eigenvalue weighted by Gasteiger charge is 2.42. The van der Waals surface area contributed by atoms with E-state index in [0.717, 1.165) is 37.3 Å². The first kappa shape index (κ1) is 15.7. The Balaban J connectivity index is 1.81. The molecule has 8 heteroatoms. The minimum Gasteiger partial charge on any atom is -0.368 e. The van der Waals surface area contributed by atoms with Gasteiger partial charge in [0.25, 0.3) is 0 Å². The third kappa shape index (κ3) is 3.43. The first-order valence-electron chi connectivity index (χ1n) is 7.34. The summed E-state index contributed by atoms with van der Waals surface area (Å²) in [6.07, 6.45) is 0.114. The third-order valence-corrected chi connectivity index (χ3v) is 5.23. The number of rotatable bonds is 3. The van der Waals surface area contributed by atoms with Gasteiger partial charge in [0.2, 0.25) is 0 Å². The van der Waals surface area contributed by atoms with Crippen molar-refractivity contribution >= 4 is 18.1 Å². The van der Waals surface area contributed by atoms with Crippen molar-refractivity contribution in [3.63, 3.8) is 0 Å². The summed E-state index contributed by atoms with van der Waals surface area (Å²) in [5.74, 6) is 0.786. The Labute approximate surface area is 131 Å². The Morgan fingerprint density at radius 2 is 2.14 bits per heavy atom. The fourth-order valence-corrected chi connectivity index (χ4v) is 4.21. The highest BCUT2D eigenvalue weighted by atomic mass is 32.2. The number of halogens is 3. The first-order chi connectivity index (χ1) is 10.4. The van der Waals surface area contributed by atoms with Crippen LogP contribution in [0.25, 0.3) is 0 Å². The van der Waals surface area contributed by atoms with Gasteiger partial charge in [0, 0.05) is 11.6 Å². The Morgan fingerprint density at radius 1 is 1.41 bits per heavy atom. The van der Waals surface area contributed by atoms with Crippen LogP contribution in [0, 0.1) is 0 Å². The van der Waals surface area contributed by atoms with E-state index in [1.165, 1.54) is 11.8 Å². The topological polar surface area (TPSA) is 48.5 Å². The molecule has 122 valence electrons. The molecule has 0 aliphatic carbocycles. The largest absolute Gasteiger partial charge is 0.393 e. The first-order valence-corrected chi connectivity index (χ1v) is 8.16. The second-order valence-electron chi connectivity index (χ2n) is 5.85. The van der Waals surface area contributed by atoms with E-state index in [0.29, 0.717) is 10.9 Å². The smallest absolute Gasteiger partial charge is 0.368 e. The van der Waals surface area contributed by atoms with E-state index in [1.54, 1.807) is 12.4 Å². The van der Waals surface area contributed by atoms with Crippen LogP contribution < -0.4 is 16.0 Å². The Morgan fingerprint density at radius 3 is 2.82 bits per heavy atom. The number of fused-ring (bicyclic) bond motifs is 1. The van der Waals surface area contributed by atoms with Gasteiger partial charge in [-0.25, -0.2) is 0 Å². The molecule has 3 aliphatic heterocycles. The number of alkyl halides is 3. The SMILES string of the molecule is CC12N=CNC(NC3CCNCC3)=C1C=C(CC(F)(F)F)S2. The Hall–Kier alpha value is -1.15. The third-order valence-electron chi connectivity index (χ3n) is 3.99. The highest BCUT2D eigenvalue weighted by Crippen LogP contribution is 2.50. The molecule has 0 aromatic rings. The number of nitrogens with zero attached hydrogens (tertiary/aromatic N) is 1. The molecule has 3 N–H and O–H groups in total. The number of thioether (sulfide) groups is 1. The van der Waals surface area contributed by atoms with E-state index in [2.05, 4.69) is 20.9 Å². The molecule has 3 aliphatic rings. The average molecular weight is 332 g/mol. The van der Waals surface area contributed by atoms with Gasteiger partial charge in [-0.2, -0.15) is 13.2 Å². The van der Waals surface area contributed by atoms with E-state index in [-0.39, 0.29) is 0 Å².